The molecule has 2 atom stereocenters. The topological polar surface area (TPSA) is 42.0 Å². The fraction of sp³-hybridized carbons (Fsp3) is 0.650. The van der Waals surface area contributed by atoms with Gasteiger partial charge in [0, 0.05) is 32.2 Å². The average molecular weight is 346 g/mol. The highest BCUT2D eigenvalue weighted by Crippen LogP contribution is 2.32. The average Bonchev–Trinajstić information content (AvgIpc) is 2.66. The molecule has 1 saturated heterocycles. The van der Waals surface area contributed by atoms with Gasteiger partial charge in [0.25, 0.3) is 5.91 Å². The molecule has 0 bridgehead atoms. The normalized spacial score (nSPS) is 24.8. The maximum absolute atomic E-state index is 13.0. The largest absolute Gasteiger partial charge is 0.493 e. The van der Waals surface area contributed by atoms with E-state index in [2.05, 4.69) is 11.8 Å². The number of carbonyl (C=O) groups excluding carboxylic acids is 1. The van der Waals surface area contributed by atoms with Crippen LogP contribution in [-0.2, 0) is 0 Å². The number of piperazine rings is 1. The first-order valence-electron chi connectivity index (χ1n) is 9.38. The number of ether oxygens (including phenoxy) is 2. The standard InChI is InChI=1S/C20H30N2O3/c1-15-6-4-7-16(14-15)21-10-12-22(13-11-21)20(23)17-8-5-9-18(24-2)19(17)25-3/h5,8-9,15-16H,4,6-7,10-14H2,1-3H3/t15-,16-/m1/s1. The molecule has 0 radical (unpaired) electrons. The molecule has 2 fully saturated rings. The summed E-state index contributed by atoms with van der Waals surface area (Å²) in [4.78, 5) is 17.5. The predicted molar refractivity (Wildman–Crippen MR) is 98.4 cm³/mol. The monoisotopic (exact) mass is 346 g/mol. The number of methoxy groups -OCH3 is 2. The molecule has 1 aromatic rings. The summed E-state index contributed by atoms with van der Waals surface area (Å²) in [5.74, 6) is 1.99. The van der Waals surface area contributed by atoms with E-state index in [0.29, 0.717) is 23.1 Å². The first-order valence-corrected chi connectivity index (χ1v) is 9.38. The molecule has 1 aromatic carbocycles. The van der Waals surface area contributed by atoms with Gasteiger partial charge in [-0.1, -0.05) is 25.8 Å². The Morgan fingerprint density at radius 2 is 1.84 bits per heavy atom. The molecule has 1 heterocycles. The van der Waals surface area contributed by atoms with Crippen LogP contribution in [-0.4, -0.2) is 62.1 Å². The van der Waals surface area contributed by atoms with Crippen molar-refractivity contribution in [1.82, 2.24) is 9.80 Å². The van der Waals surface area contributed by atoms with E-state index in [1.165, 1.54) is 25.7 Å². The highest BCUT2D eigenvalue weighted by atomic mass is 16.5. The third kappa shape index (κ3) is 3.92. The van der Waals surface area contributed by atoms with E-state index < -0.39 is 0 Å². The van der Waals surface area contributed by atoms with Crippen LogP contribution in [0.5, 0.6) is 11.5 Å². The molecule has 0 aromatic heterocycles. The quantitative estimate of drug-likeness (QED) is 0.840. The van der Waals surface area contributed by atoms with Crippen LogP contribution in [0.1, 0.15) is 43.0 Å². The third-order valence-corrected chi connectivity index (χ3v) is 5.66. The Bertz CT molecular complexity index is 597. The highest BCUT2D eigenvalue weighted by molar-refractivity contribution is 5.97. The Morgan fingerprint density at radius 3 is 2.48 bits per heavy atom. The van der Waals surface area contributed by atoms with Gasteiger partial charge < -0.3 is 14.4 Å². The van der Waals surface area contributed by atoms with Crippen molar-refractivity contribution in [1.29, 1.82) is 0 Å². The van der Waals surface area contributed by atoms with E-state index in [1.807, 2.05) is 23.1 Å². The Labute approximate surface area is 150 Å². The van der Waals surface area contributed by atoms with Crippen molar-refractivity contribution in [2.75, 3.05) is 40.4 Å². The summed E-state index contributed by atoms with van der Waals surface area (Å²) in [6, 6.07) is 6.18. The number of amides is 1. The summed E-state index contributed by atoms with van der Waals surface area (Å²) in [6.07, 6.45) is 5.32. The molecule has 0 N–H and O–H groups in total. The van der Waals surface area contributed by atoms with Crippen molar-refractivity contribution >= 4 is 5.91 Å². The van der Waals surface area contributed by atoms with Crippen molar-refractivity contribution in [3.8, 4) is 11.5 Å². The highest BCUT2D eigenvalue weighted by Gasteiger charge is 2.30. The zero-order valence-electron chi connectivity index (χ0n) is 15.7. The fourth-order valence-corrected chi connectivity index (χ4v) is 4.25. The molecule has 3 rings (SSSR count). The molecule has 0 unspecified atom stereocenters. The van der Waals surface area contributed by atoms with E-state index in [0.717, 1.165) is 32.1 Å². The number of hydrogen-bond donors (Lipinski definition) is 0. The number of rotatable bonds is 4. The molecular formula is C20H30N2O3. The summed E-state index contributed by atoms with van der Waals surface area (Å²) in [5, 5.41) is 0. The number of carbonyl (C=O) groups is 1. The maximum Gasteiger partial charge on any atom is 0.257 e. The van der Waals surface area contributed by atoms with Gasteiger partial charge >= 0.3 is 0 Å². The molecule has 25 heavy (non-hydrogen) atoms. The lowest BCUT2D eigenvalue weighted by Gasteiger charge is -2.42. The van der Waals surface area contributed by atoms with Crippen LogP contribution in [0, 0.1) is 5.92 Å². The second kappa shape index (κ2) is 8.09. The van der Waals surface area contributed by atoms with Crippen molar-refractivity contribution in [2.45, 2.75) is 38.6 Å². The molecule has 2 aliphatic rings. The van der Waals surface area contributed by atoms with Crippen LogP contribution >= 0.6 is 0 Å². The second-order valence-electron chi connectivity index (χ2n) is 7.29. The molecule has 5 heteroatoms. The Balaban J connectivity index is 1.64. The molecule has 1 aliphatic carbocycles. The SMILES string of the molecule is COc1cccc(C(=O)N2CCN([C@@H]3CCC[C@@H](C)C3)CC2)c1OC. The van der Waals surface area contributed by atoms with E-state index in [1.54, 1.807) is 14.2 Å². The van der Waals surface area contributed by atoms with Gasteiger partial charge in [0.1, 0.15) is 0 Å². The van der Waals surface area contributed by atoms with Gasteiger partial charge in [0.2, 0.25) is 0 Å². The molecule has 1 amide bonds. The van der Waals surface area contributed by atoms with Crippen LogP contribution in [0.25, 0.3) is 0 Å². The lowest BCUT2D eigenvalue weighted by molar-refractivity contribution is 0.0486. The number of para-hydroxylation sites is 1. The molecule has 1 saturated carbocycles. The predicted octanol–water partition coefficient (Wildman–Crippen LogP) is 3.04. The number of nitrogens with zero attached hydrogens (tertiary/aromatic N) is 2. The zero-order valence-corrected chi connectivity index (χ0v) is 15.7. The minimum Gasteiger partial charge on any atom is -0.493 e. The first-order chi connectivity index (χ1) is 12.1. The van der Waals surface area contributed by atoms with Gasteiger partial charge in [-0.15, -0.1) is 0 Å². The Morgan fingerprint density at radius 1 is 1.08 bits per heavy atom. The number of hydrogen-bond acceptors (Lipinski definition) is 4. The van der Waals surface area contributed by atoms with E-state index >= 15 is 0 Å². The number of benzene rings is 1. The smallest absolute Gasteiger partial charge is 0.257 e. The van der Waals surface area contributed by atoms with Crippen LogP contribution in [0.15, 0.2) is 18.2 Å². The molecule has 138 valence electrons. The van der Waals surface area contributed by atoms with Crippen LogP contribution in [0.3, 0.4) is 0 Å². The molecule has 0 spiro atoms. The fourth-order valence-electron chi connectivity index (χ4n) is 4.25. The minimum atomic E-state index is 0.0346. The lowest BCUT2D eigenvalue weighted by Crippen LogP contribution is -2.52. The summed E-state index contributed by atoms with van der Waals surface area (Å²) in [7, 11) is 3.17. The minimum absolute atomic E-state index is 0.0346. The van der Waals surface area contributed by atoms with Gasteiger partial charge in [0.05, 0.1) is 19.8 Å². The Kier molecular flexibility index (Phi) is 5.84. The Hall–Kier alpha value is -1.75. The summed E-state index contributed by atoms with van der Waals surface area (Å²) in [5.41, 5.74) is 0.585. The summed E-state index contributed by atoms with van der Waals surface area (Å²) >= 11 is 0. The van der Waals surface area contributed by atoms with Crippen LogP contribution < -0.4 is 9.47 Å². The summed E-state index contributed by atoms with van der Waals surface area (Å²) in [6.45, 7) is 5.86. The van der Waals surface area contributed by atoms with Crippen molar-refractivity contribution in [3.05, 3.63) is 23.8 Å². The first kappa shape index (κ1) is 18.1. The molecular weight excluding hydrogens is 316 g/mol. The summed E-state index contributed by atoms with van der Waals surface area (Å²) < 4.78 is 10.7. The van der Waals surface area contributed by atoms with Gasteiger partial charge in [-0.05, 0) is 30.9 Å². The van der Waals surface area contributed by atoms with E-state index in [9.17, 15) is 4.79 Å². The second-order valence-corrected chi connectivity index (χ2v) is 7.29. The van der Waals surface area contributed by atoms with Crippen molar-refractivity contribution in [3.63, 3.8) is 0 Å². The third-order valence-electron chi connectivity index (χ3n) is 5.66. The van der Waals surface area contributed by atoms with Crippen molar-refractivity contribution < 1.29 is 14.3 Å². The van der Waals surface area contributed by atoms with Gasteiger partial charge in [-0.3, -0.25) is 9.69 Å². The van der Waals surface area contributed by atoms with Gasteiger partial charge in [-0.25, -0.2) is 0 Å². The lowest BCUT2D eigenvalue weighted by atomic mass is 9.86. The van der Waals surface area contributed by atoms with Gasteiger partial charge in [0.15, 0.2) is 11.5 Å². The molecule has 5 nitrogen and oxygen atoms in total. The zero-order chi connectivity index (χ0) is 17.8. The van der Waals surface area contributed by atoms with E-state index in [-0.39, 0.29) is 5.91 Å². The van der Waals surface area contributed by atoms with Gasteiger partial charge in [-0.2, -0.15) is 0 Å². The maximum atomic E-state index is 13.0. The van der Waals surface area contributed by atoms with Crippen LogP contribution in [0.4, 0.5) is 0 Å². The molecule has 1 aliphatic heterocycles. The van der Waals surface area contributed by atoms with Crippen LogP contribution in [0.2, 0.25) is 0 Å². The van der Waals surface area contributed by atoms with E-state index in [4.69, 9.17) is 9.47 Å². The van der Waals surface area contributed by atoms with Crippen molar-refractivity contribution in [2.24, 2.45) is 5.92 Å².